The van der Waals surface area contributed by atoms with Gasteiger partial charge in [-0.05, 0) is 12.0 Å². The van der Waals surface area contributed by atoms with Gasteiger partial charge in [0.15, 0.2) is 0 Å². The molecule has 0 saturated heterocycles. The molecule has 0 radical (unpaired) electrons. The molecule has 0 aliphatic rings. The molecule has 1 atom stereocenters. The molecular formula is C6H11FO. The van der Waals surface area contributed by atoms with Crippen molar-refractivity contribution in [3.05, 3.63) is 12.2 Å². The molecule has 0 spiro atoms. The van der Waals surface area contributed by atoms with Crippen molar-refractivity contribution in [3.8, 4) is 0 Å². The van der Waals surface area contributed by atoms with Crippen molar-refractivity contribution in [2.24, 2.45) is 0 Å². The van der Waals surface area contributed by atoms with Crippen LogP contribution in [0.2, 0.25) is 0 Å². The van der Waals surface area contributed by atoms with E-state index in [9.17, 15) is 4.39 Å². The number of halogens is 1. The number of alkyl halides is 1. The zero-order chi connectivity index (χ0) is 6.57. The van der Waals surface area contributed by atoms with Crippen molar-refractivity contribution >= 4 is 0 Å². The van der Waals surface area contributed by atoms with Crippen LogP contribution in [0.1, 0.15) is 13.3 Å². The maximum atomic E-state index is 11.6. The fourth-order valence-electron chi connectivity index (χ4n) is 0.378. The fourth-order valence-corrected chi connectivity index (χ4v) is 0.378. The molecular weight excluding hydrogens is 107 g/mol. The number of aliphatic hydroxyl groups excluding tert-OH is 1. The van der Waals surface area contributed by atoms with Gasteiger partial charge in [-0.2, -0.15) is 0 Å². The highest BCUT2D eigenvalue weighted by Gasteiger charge is 2.02. The Kier molecular flexibility index (Phi) is 3.44. The maximum absolute atomic E-state index is 11.6. The van der Waals surface area contributed by atoms with Gasteiger partial charge in [-0.1, -0.05) is 13.5 Å². The van der Waals surface area contributed by atoms with E-state index < -0.39 is 12.8 Å². The molecule has 0 rings (SSSR count). The van der Waals surface area contributed by atoms with Crippen molar-refractivity contribution in [2.45, 2.75) is 19.4 Å². The molecule has 0 aliphatic heterocycles. The first-order chi connectivity index (χ1) is 3.72. The first kappa shape index (κ1) is 7.63. The van der Waals surface area contributed by atoms with E-state index in [0.29, 0.717) is 6.42 Å². The summed E-state index contributed by atoms with van der Waals surface area (Å²) < 4.78 is 11.6. The average molecular weight is 118 g/mol. The predicted molar refractivity (Wildman–Crippen MR) is 31.4 cm³/mol. The van der Waals surface area contributed by atoms with E-state index in [0.717, 1.165) is 0 Å². The zero-order valence-electron chi connectivity index (χ0n) is 5.02. The predicted octanol–water partition coefficient (Wildman–Crippen LogP) is 1.28. The van der Waals surface area contributed by atoms with Gasteiger partial charge in [-0.3, -0.25) is 0 Å². The molecule has 1 nitrogen and oxygen atoms in total. The highest BCUT2D eigenvalue weighted by Crippen LogP contribution is 2.02. The molecule has 1 unspecified atom stereocenters. The first-order valence-electron chi connectivity index (χ1n) is 2.64. The van der Waals surface area contributed by atoms with Crippen LogP contribution in [0.5, 0.6) is 0 Å². The number of hydrogen-bond acceptors (Lipinski definition) is 1. The van der Waals surface area contributed by atoms with Crippen LogP contribution in [0, 0.1) is 0 Å². The van der Waals surface area contributed by atoms with Gasteiger partial charge in [0.1, 0.15) is 6.67 Å². The van der Waals surface area contributed by atoms with E-state index in [-0.39, 0.29) is 5.57 Å². The number of hydrogen-bond donors (Lipinski definition) is 1. The smallest absolute Gasteiger partial charge is 0.113 e. The number of aliphatic hydroxyl groups is 1. The minimum Gasteiger partial charge on any atom is -0.389 e. The summed E-state index contributed by atoms with van der Waals surface area (Å²) >= 11 is 0. The Morgan fingerprint density at radius 3 is 2.50 bits per heavy atom. The minimum absolute atomic E-state index is 0.271. The van der Waals surface area contributed by atoms with E-state index >= 15 is 0 Å². The third kappa shape index (κ3) is 2.07. The van der Waals surface area contributed by atoms with Crippen LogP contribution >= 0.6 is 0 Å². The van der Waals surface area contributed by atoms with Crippen LogP contribution in [0.4, 0.5) is 4.39 Å². The standard InChI is InChI=1S/C6H11FO/c1-3-6(8)5(2)4-7/h6,8H,2-4H2,1H3. The first-order valence-corrected chi connectivity index (χ1v) is 2.64. The molecule has 0 bridgehead atoms. The summed E-state index contributed by atoms with van der Waals surface area (Å²) in [7, 11) is 0. The summed E-state index contributed by atoms with van der Waals surface area (Å²) in [6.45, 7) is 4.49. The highest BCUT2D eigenvalue weighted by atomic mass is 19.1. The third-order valence-electron chi connectivity index (χ3n) is 1.03. The lowest BCUT2D eigenvalue weighted by molar-refractivity contribution is 0.198. The normalized spacial score (nSPS) is 13.4. The second kappa shape index (κ2) is 3.61. The van der Waals surface area contributed by atoms with Crippen molar-refractivity contribution < 1.29 is 9.50 Å². The molecule has 2 heteroatoms. The van der Waals surface area contributed by atoms with E-state index in [4.69, 9.17) is 5.11 Å². The van der Waals surface area contributed by atoms with Gasteiger partial charge in [0.25, 0.3) is 0 Å². The topological polar surface area (TPSA) is 20.2 Å². The summed E-state index contributed by atoms with van der Waals surface area (Å²) in [6, 6.07) is 0. The lowest BCUT2D eigenvalue weighted by Crippen LogP contribution is -2.08. The highest BCUT2D eigenvalue weighted by molar-refractivity contribution is 5.00. The van der Waals surface area contributed by atoms with Gasteiger partial charge < -0.3 is 5.11 Å². The van der Waals surface area contributed by atoms with Crippen molar-refractivity contribution in [1.82, 2.24) is 0 Å². The second-order valence-electron chi connectivity index (χ2n) is 1.72. The van der Waals surface area contributed by atoms with E-state index in [1.807, 2.05) is 0 Å². The van der Waals surface area contributed by atoms with Crippen molar-refractivity contribution in [2.75, 3.05) is 6.67 Å². The lowest BCUT2D eigenvalue weighted by atomic mass is 10.1. The van der Waals surface area contributed by atoms with Crippen LogP contribution in [-0.2, 0) is 0 Å². The number of rotatable bonds is 3. The van der Waals surface area contributed by atoms with E-state index in [1.165, 1.54) is 0 Å². The molecule has 48 valence electrons. The van der Waals surface area contributed by atoms with Gasteiger partial charge in [0.05, 0.1) is 6.10 Å². The van der Waals surface area contributed by atoms with Crippen LogP contribution in [-0.4, -0.2) is 17.9 Å². The molecule has 0 aliphatic carbocycles. The van der Waals surface area contributed by atoms with Gasteiger partial charge in [0.2, 0.25) is 0 Å². The van der Waals surface area contributed by atoms with Crippen LogP contribution in [0.25, 0.3) is 0 Å². The maximum Gasteiger partial charge on any atom is 0.113 e. The van der Waals surface area contributed by atoms with Gasteiger partial charge >= 0.3 is 0 Å². The van der Waals surface area contributed by atoms with Gasteiger partial charge in [-0.25, -0.2) is 4.39 Å². The molecule has 0 amide bonds. The zero-order valence-corrected chi connectivity index (χ0v) is 5.02. The van der Waals surface area contributed by atoms with Crippen molar-refractivity contribution in [1.29, 1.82) is 0 Å². The molecule has 0 aromatic rings. The summed E-state index contributed by atoms with van der Waals surface area (Å²) in [5.41, 5.74) is 0.271. The molecule has 0 aromatic heterocycles. The van der Waals surface area contributed by atoms with E-state index in [1.54, 1.807) is 6.92 Å². The second-order valence-corrected chi connectivity index (χ2v) is 1.72. The Balaban J connectivity index is 3.46. The SMILES string of the molecule is C=C(CF)C(O)CC. The largest absolute Gasteiger partial charge is 0.389 e. The molecule has 1 N–H and O–H groups in total. The van der Waals surface area contributed by atoms with Crippen LogP contribution in [0.3, 0.4) is 0 Å². The summed E-state index contributed by atoms with van der Waals surface area (Å²) in [5, 5.41) is 8.79. The Labute approximate surface area is 48.8 Å². The Morgan fingerprint density at radius 2 is 2.38 bits per heavy atom. The molecule has 0 saturated carbocycles. The fraction of sp³-hybridized carbons (Fsp3) is 0.667. The van der Waals surface area contributed by atoms with Gasteiger partial charge in [0, 0.05) is 0 Å². The summed E-state index contributed by atoms with van der Waals surface area (Å²) in [6.07, 6.45) is -0.108. The summed E-state index contributed by atoms with van der Waals surface area (Å²) in [4.78, 5) is 0. The monoisotopic (exact) mass is 118 g/mol. The molecule has 8 heavy (non-hydrogen) atoms. The Hall–Kier alpha value is -0.370. The van der Waals surface area contributed by atoms with Crippen molar-refractivity contribution in [3.63, 3.8) is 0 Å². The van der Waals surface area contributed by atoms with Gasteiger partial charge in [-0.15, -0.1) is 0 Å². The van der Waals surface area contributed by atoms with Crippen LogP contribution < -0.4 is 0 Å². The Morgan fingerprint density at radius 1 is 1.88 bits per heavy atom. The average Bonchev–Trinajstić information content (AvgIpc) is 1.84. The molecule has 0 heterocycles. The summed E-state index contributed by atoms with van der Waals surface area (Å²) in [5.74, 6) is 0. The minimum atomic E-state index is -0.653. The quantitative estimate of drug-likeness (QED) is 0.553. The lowest BCUT2D eigenvalue weighted by Gasteiger charge is -2.05. The molecule has 0 fully saturated rings. The van der Waals surface area contributed by atoms with Crippen LogP contribution in [0.15, 0.2) is 12.2 Å². The molecule has 0 aromatic carbocycles. The Bertz CT molecular complexity index is 80.6. The third-order valence-corrected chi connectivity index (χ3v) is 1.03. The van der Waals surface area contributed by atoms with E-state index in [2.05, 4.69) is 6.58 Å².